The van der Waals surface area contributed by atoms with Crippen molar-refractivity contribution in [2.24, 2.45) is 0 Å². The van der Waals surface area contributed by atoms with Gasteiger partial charge in [-0.25, -0.2) is 14.9 Å². The molecule has 0 atom stereocenters. The van der Waals surface area contributed by atoms with Gasteiger partial charge >= 0.3 is 0 Å². The van der Waals surface area contributed by atoms with Crippen LogP contribution in [0.5, 0.6) is 0 Å². The zero-order valence-corrected chi connectivity index (χ0v) is 14.4. The van der Waals surface area contributed by atoms with E-state index in [-0.39, 0.29) is 23.5 Å². The highest BCUT2D eigenvalue weighted by molar-refractivity contribution is 14.1. The molecule has 1 heterocycles. The quantitative estimate of drug-likeness (QED) is 0.591. The Hall–Kier alpha value is -2.05. The molecule has 0 aliphatic carbocycles. The lowest BCUT2D eigenvalue weighted by Gasteiger charge is -2.10. The molecule has 1 aromatic carbocycles. The average Bonchev–Trinajstić information content (AvgIpc) is 2.55. The van der Waals surface area contributed by atoms with Crippen molar-refractivity contribution in [1.29, 1.82) is 5.26 Å². The van der Waals surface area contributed by atoms with Crippen LogP contribution in [0.3, 0.4) is 0 Å². The van der Waals surface area contributed by atoms with Gasteiger partial charge in [-0.3, -0.25) is 9.63 Å². The highest BCUT2D eigenvalue weighted by atomic mass is 127. The summed E-state index contributed by atoms with van der Waals surface area (Å²) in [5.41, 5.74) is 3.41. The minimum atomic E-state index is -0.482. The number of nitrogens with zero attached hydrogens (tertiary/aromatic N) is 2. The predicted octanol–water partition coefficient (Wildman–Crippen LogP) is 2.97. The van der Waals surface area contributed by atoms with Crippen LogP contribution in [0.4, 0.5) is 4.39 Å². The Kier molecular flexibility index (Phi) is 6.01. The molecule has 23 heavy (non-hydrogen) atoms. The van der Waals surface area contributed by atoms with Crippen molar-refractivity contribution in [2.45, 2.75) is 13.3 Å². The average molecular weight is 425 g/mol. The van der Waals surface area contributed by atoms with E-state index in [9.17, 15) is 9.18 Å². The van der Waals surface area contributed by atoms with Crippen LogP contribution in [0.2, 0.25) is 0 Å². The van der Waals surface area contributed by atoms with Gasteiger partial charge in [-0.05, 0) is 59.3 Å². The second-order valence-electron chi connectivity index (χ2n) is 4.58. The highest BCUT2D eigenvalue weighted by Crippen LogP contribution is 2.18. The molecule has 0 radical (unpaired) electrons. The molecule has 1 aromatic heterocycles. The first-order chi connectivity index (χ1) is 11.0. The molecule has 0 saturated heterocycles. The van der Waals surface area contributed by atoms with Crippen molar-refractivity contribution >= 4 is 28.5 Å². The van der Waals surface area contributed by atoms with Crippen molar-refractivity contribution < 1.29 is 14.0 Å². The Bertz CT molecular complexity index is 774. The van der Waals surface area contributed by atoms with Gasteiger partial charge in [0, 0.05) is 9.99 Å². The number of hydrogen-bond acceptors (Lipinski definition) is 4. The van der Waals surface area contributed by atoms with Crippen LogP contribution in [0.15, 0.2) is 30.3 Å². The molecular weight excluding hydrogens is 412 g/mol. The van der Waals surface area contributed by atoms with Crippen LogP contribution in [-0.4, -0.2) is 17.5 Å². The number of carbonyl (C=O) groups excluding carboxylic acids is 1. The lowest BCUT2D eigenvalue weighted by atomic mass is 10.0. The molecule has 5 nitrogen and oxygen atoms in total. The van der Waals surface area contributed by atoms with Gasteiger partial charge < -0.3 is 0 Å². The Morgan fingerprint density at radius 1 is 1.43 bits per heavy atom. The number of rotatable bonds is 5. The SMILES string of the molecule is CCONC(=O)c1ccc(C#N)nc1Cc1ccc(I)cc1F. The predicted molar refractivity (Wildman–Crippen MR) is 90.0 cm³/mol. The van der Waals surface area contributed by atoms with Crippen molar-refractivity contribution in [3.05, 3.63) is 62.2 Å². The fourth-order valence-corrected chi connectivity index (χ4v) is 2.40. The summed E-state index contributed by atoms with van der Waals surface area (Å²) in [5, 5.41) is 8.98. The standard InChI is InChI=1S/C16H13FIN3O2/c1-2-23-21-16(22)13-6-5-12(9-19)20-15(13)7-10-3-4-11(18)8-14(10)17/h3-6,8H,2,7H2,1H3,(H,21,22). The van der Waals surface area contributed by atoms with E-state index in [1.165, 1.54) is 18.2 Å². The van der Waals surface area contributed by atoms with Crippen LogP contribution in [-0.2, 0) is 11.3 Å². The maximum Gasteiger partial charge on any atom is 0.276 e. The number of amides is 1. The third-order valence-electron chi connectivity index (χ3n) is 3.02. The smallest absolute Gasteiger partial charge is 0.274 e. The second kappa shape index (κ2) is 7.99. The zero-order chi connectivity index (χ0) is 16.8. The fraction of sp³-hybridized carbons (Fsp3) is 0.188. The lowest BCUT2D eigenvalue weighted by Crippen LogP contribution is -2.25. The van der Waals surface area contributed by atoms with Crippen LogP contribution in [0, 0.1) is 20.7 Å². The molecule has 0 unspecified atom stereocenters. The normalized spacial score (nSPS) is 10.2. The Balaban J connectivity index is 2.38. The first kappa shape index (κ1) is 17.3. The van der Waals surface area contributed by atoms with Gasteiger partial charge in [-0.2, -0.15) is 5.26 Å². The highest BCUT2D eigenvalue weighted by Gasteiger charge is 2.16. The maximum atomic E-state index is 14.0. The summed E-state index contributed by atoms with van der Waals surface area (Å²) < 4.78 is 14.8. The van der Waals surface area contributed by atoms with Gasteiger partial charge in [0.1, 0.15) is 17.6 Å². The number of hydroxylamine groups is 1. The van der Waals surface area contributed by atoms with Gasteiger partial charge in [0.05, 0.1) is 17.9 Å². The van der Waals surface area contributed by atoms with Crippen LogP contribution < -0.4 is 5.48 Å². The molecule has 1 amide bonds. The first-order valence-corrected chi connectivity index (χ1v) is 7.89. The topological polar surface area (TPSA) is 75.0 Å². The molecule has 7 heteroatoms. The number of aromatic nitrogens is 1. The molecule has 0 bridgehead atoms. The van der Waals surface area contributed by atoms with E-state index in [1.54, 1.807) is 19.1 Å². The van der Waals surface area contributed by atoms with Crippen molar-refractivity contribution in [2.75, 3.05) is 6.61 Å². The molecule has 0 aliphatic heterocycles. The van der Waals surface area contributed by atoms with Crippen LogP contribution in [0.1, 0.15) is 34.2 Å². The van der Waals surface area contributed by atoms with Gasteiger partial charge in [-0.15, -0.1) is 0 Å². The number of carbonyl (C=O) groups is 1. The number of benzene rings is 1. The monoisotopic (exact) mass is 425 g/mol. The van der Waals surface area contributed by atoms with E-state index in [4.69, 9.17) is 10.1 Å². The summed E-state index contributed by atoms with van der Waals surface area (Å²) in [4.78, 5) is 21.1. The van der Waals surface area contributed by atoms with E-state index in [2.05, 4.69) is 10.5 Å². The number of hydrogen-bond donors (Lipinski definition) is 1. The number of pyridine rings is 1. The molecule has 1 N–H and O–H groups in total. The molecule has 0 saturated carbocycles. The Labute approximate surface area is 146 Å². The third-order valence-corrected chi connectivity index (χ3v) is 3.69. The van der Waals surface area contributed by atoms with E-state index in [0.29, 0.717) is 17.9 Å². The largest absolute Gasteiger partial charge is 0.276 e. The summed E-state index contributed by atoms with van der Waals surface area (Å²) in [6.07, 6.45) is 0.104. The van der Waals surface area contributed by atoms with E-state index in [1.807, 2.05) is 28.7 Å². The van der Waals surface area contributed by atoms with Gasteiger partial charge in [0.15, 0.2) is 0 Å². The maximum absolute atomic E-state index is 14.0. The number of halogens is 2. The molecule has 2 rings (SSSR count). The summed E-state index contributed by atoms with van der Waals surface area (Å²) >= 11 is 2.02. The second-order valence-corrected chi connectivity index (χ2v) is 5.82. The zero-order valence-electron chi connectivity index (χ0n) is 12.3. The minimum Gasteiger partial charge on any atom is -0.274 e. The van der Waals surface area contributed by atoms with Crippen LogP contribution >= 0.6 is 22.6 Å². The fourth-order valence-electron chi connectivity index (χ4n) is 1.94. The van der Waals surface area contributed by atoms with E-state index >= 15 is 0 Å². The molecule has 2 aromatic rings. The summed E-state index contributed by atoms with van der Waals surface area (Å²) in [5.74, 6) is -0.859. The number of nitrogens with one attached hydrogen (secondary N) is 1. The minimum absolute atomic E-state index is 0.104. The Morgan fingerprint density at radius 2 is 2.22 bits per heavy atom. The van der Waals surface area contributed by atoms with Gasteiger partial charge in [0.2, 0.25) is 0 Å². The lowest BCUT2D eigenvalue weighted by molar-refractivity contribution is 0.0363. The van der Waals surface area contributed by atoms with E-state index < -0.39 is 5.91 Å². The third kappa shape index (κ3) is 4.46. The van der Waals surface area contributed by atoms with Crippen molar-refractivity contribution in [3.63, 3.8) is 0 Å². The Morgan fingerprint density at radius 3 is 2.87 bits per heavy atom. The summed E-state index contributed by atoms with van der Waals surface area (Å²) in [7, 11) is 0. The van der Waals surface area contributed by atoms with Crippen molar-refractivity contribution in [3.8, 4) is 6.07 Å². The molecule has 0 spiro atoms. The van der Waals surface area contributed by atoms with Crippen LogP contribution in [0.25, 0.3) is 0 Å². The van der Waals surface area contributed by atoms with Crippen molar-refractivity contribution in [1.82, 2.24) is 10.5 Å². The summed E-state index contributed by atoms with van der Waals surface area (Å²) in [6, 6.07) is 9.66. The molecular formula is C16H13FIN3O2. The molecule has 118 valence electrons. The molecule has 0 fully saturated rings. The van der Waals surface area contributed by atoms with Gasteiger partial charge in [-0.1, -0.05) is 6.07 Å². The summed E-state index contributed by atoms with van der Waals surface area (Å²) in [6.45, 7) is 2.05. The van der Waals surface area contributed by atoms with Gasteiger partial charge in [0.25, 0.3) is 5.91 Å². The first-order valence-electron chi connectivity index (χ1n) is 6.81. The molecule has 0 aliphatic rings. The van der Waals surface area contributed by atoms with E-state index in [0.717, 1.165) is 3.57 Å². The number of nitriles is 1.